The van der Waals surface area contributed by atoms with E-state index < -0.39 is 0 Å². The van der Waals surface area contributed by atoms with E-state index in [2.05, 4.69) is 184 Å². The average Bonchev–Trinajstić information content (AvgIpc) is 3.90. The van der Waals surface area contributed by atoms with Crippen LogP contribution in [0.2, 0.25) is 0 Å². The third-order valence-electron chi connectivity index (χ3n) is 12.1. The number of hydrogen-bond donors (Lipinski definition) is 0. The molecule has 0 amide bonds. The monoisotopic (exact) mass is 746 g/mol. The first-order valence-corrected chi connectivity index (χ1v) is 20.3. The molecule has 8 aromatic carbocycles. The normalized spacial score (nSPS) is 13.2. The van der Waals surface area contributed by atoms with E-state index in [0.29, 0.717) is 5.82 Å². The highest BCUT2D eigenvalue weighted by atomic mass is 32.1. The molecule has 0 saturated carbocycles. The summed E-state index contributed by atoms with van der Waals surface area (Å²) in [6, 6.07) is 61.0. The number of aromatic nitrogens is 2. The Balaban J connectivity index is 1.11. The lowest BCUT2D eigenvalue weighted by Crippen LogP contribution is -2.14. The first kappa shape index (κ1) is 32.4. The first-order valence-electron chi connectivity index (χ1n) is 19.5. The molecule has 0 radical (unpaired) electrons. The Hall–Kier alpha value is -6.88. The maximum atomic E-state index is 6.83. The van der Waals surface area contributed by atoms with Gasteiger partial charge in [0.05, 0.1) is 15.9 Å². The van der Waals surface area contributed by atoms with Crippen LogP contribution in [-0.4, -0.2) is 9.97 Å². The molecule has 1 aliphatic carbocycles. The Morgan fingerprint density at radius 1 is 0.474 bits per heavy atom. The summed E-state index contributed by atoms with van der Waals surface area (Å²) in [5.41, 5.74) is 15.3. The number of hydrogen-bond acceptors (Lipinski definition) is 4. The van der Waals surface area contributed by atoms with Gasteiger partial charge in [-0.25, -0.2) is 9.97 Å². The van der Waals surface area contributed by atoms with Gasteiger partial charge >= 0.3 is 0 Å². The fourth-order valence-corrected chi connectivity index (χ4v) is 10.3. The Morgan fingerprint density at radius 3 is 2.11 bits per heavy atom. The molecule has 3 nitrogen and oxygen atoms in total. The molecule has 268 valence electrons. The molecule has 3 heterocycles. The van der Waals surface area contributed by atoms with Gasteiger partial charge in [-0.05, 0) is 97.7 Å². The van der Waals surface area contributed by atoms with Gasteiger partial charge in [-0.2, -0.15) is 0 Å². The van der Waals surface area contributed by atoms with E-state index >= 15 is 0 Å². The molecule has 0 spiro atoms. The second-order valence-electron chi connectivity index (χ2n) is 15.7. The van der Waals surface area contributed by atoms with Crippen molar-refractivity contribution in [2.24, 2.45) is 0 Å². The zero-order valence-electron chi connectivity index (χ0n) is 31.4. The van der Waals surface area contributed by atoms with Crippen molar-refractivity contribution in [3.8, 4) is 56.0 Å². The predicted octanol–water partition coefficient (Wildman–Crippen LogP) is 14.9. The molecule has 11 aromatic rings. The zero-order valence-corrected chi connectivity index (χ0v) is 32.2. The number of benzene rings is 8. The third kappa shape index (κ3) is 4.90. The van der Waals surface area contributed by atoms with Crippen molar-refractivity contribution >= 4 is 64.4 Å². The van der Waals surface area contributed by atoms with Gasteiger partial charge in [-0.1, -0.05) is 141 Å². The summed E-state index contributed by atoms with van der Waals surface area (Å²) in [6.45, 7) is 4.67. The van der Waals surface area contributed by atoms with Crippen molar-refractivity contribution in [1.82, 2.24) is 9.97 Å². The molecule has 0 unspecified atom stereocenters. The van der Waals surface area contributed by atoms with E-state index in [1.54, 1.807) is 11.3 Å². The minimum Gasteiger partial charge on any atom is -0.456 e. The van der Waals surface area contributed by atoms with Crippen LogP contribution in [0, 0.1) is 0 Å². The summed E-state index contributed by atoms with van der Waals surface area (Å²) in [5, 5.41) is 5.65. The van der Waals surface area contributed by atoms with E-state index in [1.165, 1.54) is 37.7 Å². The third-order valence-corrected chi connectivity index (χ3v) is 13.2. The minimum atomic E-state index is -0.130. The Morgan fingerprint density at radius 2 is 1.19 bits per heavy atom. The largest absolute Gasteiger partial charge is 0.456 e. The number of nitrogens with zero attached hydrogens (tertiary/aromatic N) is 2. The molecular weight excluding hydrogens is 713 g/mol. The van der Waals surface area contributed by atoms with E-state index in [4.69, 9.17) is 14.4 Å². The summed E-state index contributed by atoms with van der Waals surface area (Å²) in [4.78, 5) is 11.1. The number of fused-ring (bicyclic) bond motifs is 10. The first-order chi connectivity index (χ1) is 28.0. The summed E-state index contributed by atoms with van der Waals surface area (Å²) in [5.74, 6) is 0.688. The molecular formula is C53H34N2OS. The molecule has 12 rings (SSSR count). The van der Waals surface area contributed by atoms with Crippen LogP contribution in [0.4, 0.5) is 0 Å². The Bertz CT molecular complexity index is 3440. The van der Waals surface area contributed by atoms with Gasteiger partial charge in [0, 0.05) is 37.4 Å². The van der Waals surface area contributed by atoms with Gasteiger partial charge in [-0.15, -0.1) is 11.3 Å². The van der Waals surface area contributed by atoms with Crippen molar-refractivity contribution in [2.45, 2.75) is 19.3 Å². The lowest BCUT2D eigenvalue weighted by Gasteiger charge is -2.22. The van der Waals surface area contributed by atoms with Crippen molar-refractivity contribution in [2.75, 3.05) is 0 Å². The molecule has 0 fully saturated rings. The maximum absolute atomic E-state index is 6.83. The SMILES string of the molecule is CC1(C)c2ccccc2-c2ccc(-c3nc(-c4cc(-c5ccccc5)cc5oc6cc(-c7ccc8ccccc8c7)ccc6c45)nc4c3sc3ccccc34)cc21. The number of rotatable bonds is 4. The second kappa shape index (κ2) is 12.1. The lowest BCUT2D eigenvalue weighted by molar-refractivity contribution is 0.660. The van der Waals surface area contributed by atoms with Crippen LogP contribution in [0.15, 0.2) is 174 Å². The lowest BCUT2D eigenvalue weighted by atomic mass is 9.82. The molecule has 0 N–H and O–H groups in total. The van der Waals surface area contributed by atoms with Crippen LogP contribution in [0.3, 0.4) is 0 Å². The Labute approximate surface area is 333 Å². The molecule has 0 saturated heterocycles. The van der Waals surface area contributed by atoms with Gasteiger partial charge in [0.1, 0.15) is 11.2 Å². The zero-order chi connectivity index (χ0) is 37.8. The minimum absolute atomic E-state index is 0.130. The van der Waals surface area contributed by atoms with Crippen molar-refractivity contribution in [3.63, 3.8) is 0 Å². The quantitative estimate of drug-likeness (QED) is 0.180. The van der Waals surface area contributed by atoms with E-state index in [1.807, 2.05) is 0 Å². The smallest absolute Gasteiger partial charge is 0.161 e. The Kier molecular flexibility index (Phi) is 6.85. The van der Waals surface area contributed by atoms with Gasteiger partial charge < -0.3 is 4.42 Å². The fraction of sp³-hybridized carbons (Fsp3) is 0.0566. The van der Waals surface area contributed by atoms with Gasteiger partial charge in [0.2, 0.25) is 0 Å². The standard InChI is InChI=1S/C53H34N2OS/c1-53(2)43-18-10-8-16-38(43)39-24-23-36(28-44(39)53)49-51-50(41-17-9-11-19-47(41)57-51)55-52(54-49)42-27-37(31-12-4-3-5-13-31)30-46-48(42)40-25-22-35(29-45(40)56-46)34-21-20-32-14-6-7-15-33(32)26-34/h3-30H,1-2H3. The average molecular weight is 747 g/mol. The predicted molar refractivity (Wildman–Crippen MR) is 239 cm³/mol. The van der Waals surface area contributed by atoms with Crippen LogP contribution < -0.4 is 0 Å². The number of thiophene rings is 1. The van der Waals surface area contributed by atoms with Crippen LogP contribution in [0.5, 0.6) is 0 Å². The summed E-state index contributed by atoms with van der Waals surface area (Å²) in [7, 11) is 0. The van der Waals surface area contributed by atoms with Crippen LogP contribution in [0.25, 0.3) is 109 Å². The molecule has 4 heteroatoms. The molecule has 3 aromatic heterocycles. The molecule has 57 heavy (non-hydrogen) atoms. The maximum Gasteiger partial charge on any atom is 0.161 e. The fourth-order valence-electron chi connectivity index (χ4n) is 9.19. The molecule has 0 aliphatic heterocycles. The van der Waals surface area contributed by atoms with Gasteiger partial charge in [0.25, 0.3) is 0 Å². The van der Waals surface area contributed by atoms with Crippen LogP contribution in [0.1, 0.15) is 25.0 Å². The summed E-state index contributed by atoms with van der Waals surface area (Å²) >= 11 is 1.77. The number of furan rings is 1. The molecule has 0 bridgehead atoms. The van der Waals surface area contributed by atoms with E-state index in [-0.39, 0.29) is 5.41 Å². The summed E-state index contributed by atoms with van der Waals surface area (Å²) in [6.07, 6.45) is 0. The highest BCUT2D eigenvalue weighted by Crippen LogP contribution is 2.51. The molecule has 0 atom stereocenters. The highest BCUT2D eigenvalue weighted by Gasteiger charge is 2.35. The van der Waals surface area contributed by atoms with Gasteiger partial charge in [-0.3, -0.25) is 0 Å². The van der Waals surface area contributed by atoms with E-state index in [9.17, 15) is 0 Å². The highest BCUT2D eigenvalue weighted by molar-refractivity contribution is 7.26. The van der Waals surface area contributed by atoms with Crippen LogP contribution >= 0.6 is 11.3 Å². The molecule has 1 aliphatic rings. The van der Waals surface area contributed by atoms with Crippen molar-refractivity contribution in [1.29, 1.82) is 0 Å². The van der Waals surface area contributed by atoms with Crippen LogP contribution in [-0.2, 0) is 5.41 Å². The van der Waals surface area contributed by atoms with Gasteiger partial charge in [0.15, 0.2) is 5.82 Å². The summed E-state index contributed by atoms with van der Waals surface area (Å²) < 4.78 is 9.13. The topological polar surface area (TPSA) is 38.9 Å². The second-order valence-corrected chi connectivity index (χ2v) is 16.8. The van der Waals surface area contributed by atoms with Crippen molar-refractivity contribution < 1.29 is 4.42 Å². The van der Waals surface area contributed by atoms with E-state index in [0.717, 1.165) is 76.6 Å². The van der Waals surface area contributed by atoms with Crippen molar-refractivity contribution in [3.05, 3.63) is 181 Å².